The number of para-hydroxylation sites is 1. The van der Waals surface area contributed by atoms with Crippen molar-refractivity contribution in [3.63, 3.8) is 0 Å². The van der Waals surface area contributed by atoms with Gasteiger partial charge in [-0.1, -0.05) is 53.7 Å². The van der Waals surface area contributed by atoms with Crippen LogP contribution in [-0.4, -0.2) is 45.5 Å². The molecular formula is C26H23N5O3S. The molecule has 176 valence electrons. The van der Waals surface area contributed by atoms with Crippen LogP contribution in [0.15, 0.2) is 71.9 Å². The molecule has 0 radical (unpaired) electrons. The molecule has 0 bridgehead atoms. The van der Waals surface area contributed by atoms with E-state index in [1.54, 1.807) is 32.4 Å². The number of aromatic nitrogens is 4. The number of anilines is 1. The molecule has 3 aromatic carbocycles. The zero-order valence-corrected chi connectivity index (χ0v) is 20.3. The summed E-state index contributed by atoms with van der Waals surface area (Å²) in [6.07, 6.45) is 0. The number of thioether (sulfide) groups is 1. The van der Waals surface area contributed by atoms with E-state index in [4.69, 9.17) is 14.5 Å². The van der Waals surface area contributed by atoms with Gasteiger partial charge in [-0.3, -0.25) is 9.20 Å². The van der Waals surface area contributed by atoms with Gasteiger partial charge in [0, 0.05) is 34.8 Å². The van der Waals surface area contributed by atoms with Crippen LogP contribution in [0, 0.1) is 6.92 Å². The molecule has 5 rings (SSSR count). The van der Waals surface area contributed by atoms with E-state index >= 15 is 0 Å². The first-order valence-electron chi connectivity index (χ1n) is 10.9. The molecule has 2 aromatic heterocycles. The third kappa shape index (κ3) is 4.63. The van der Waals surface area contributed by atoms with E-state index in [1.807, 2.05) is 59.9 Å². The number of carbonyl (C=O) groups is 1. The number of nitrogens with zero attached hydrogens (tertiary/aromatic N) is 4. The normalized spacial score (nSPS) is 11.1. The summed E-state index contributed by atoms with van der Waals surface area (Å²) in [5.74, 6) is 1.87. The van der Waals surface area contributed by atoms with Crippen LogP contribution < -0.4 is 14.8 Å². The number of fused-ring (bicyclic) bond motifs is 3. The summed E-state index contributed by atoms with van der Waals surface area (Å²) in [4.78, 5) is 17.7. The van der Waals surface area contributed by atoms with Crippen LogP contribution in [-0.2, 0) is 4.79 Å². The fourth-order valence-electron chi connectivity index (χ4n) is 3.76. The van der Waals surface area contributed by atoms with Crippen molar-refractivity contribution in [3.05, 3.63) is 72.3 Å². The SMILES string of the molecule is COc1cc(NC(=O)CSc2nnc3c4ccccc4nc(-c4ccc(C)cc4)n23)cc(OC)c1. The lowest BCUT2D eigenvalue weighted by Gasteiger charge is -2.11. The molecule has 8 nitrogen and oxygen atoms in total. The van der Waals surface area contributed by atoms with Crippen molar-refractivity contribution >= 4 is 39.9 Å². The molecule has 35 heavy (non-hydrogen) atoms. The highest BCUT2D eigenvalue weighted by atomic mass is 32.2. The zero-order chi connectivity index (χ0) is 24.4. The molecular weight excluding hydrogens is 462 g/mol. The highest BCUT2D eigenvalue weighted by molar-refractivity contribution is 7.99. The molecule has 2 heterocycles. The average Bonchev–Trinajstić information content (AvgIpc) is 3.31. The van der Waals surface area contributed by atoms with Gasteiger partial charge in [0.2, 0.25) is 5.91 Å². The number of hydrogen-bond donors (Lipinski definition) is 1. The fraction of sp³-hybridized carbons (Fsp3) is 0.154. The zero-order valence-electron chi connectivity index (χ0n) is 19.5. The Bertz CT molecular complexity index is 1510. The number of rotatable bonds is 7. The highest BCUT2D eigenvalue weighted by Crippen LogP contribution is 2.30. The minimum atomic E-state index is -0.187. The summed E-state index contributed by atoms with van der Waals surface area (Å²) in [6, 6.07) is 21.2. The van der Waals surface area contributed by atoms with E-state index in [0.29, 0.717) is 28.0 Å². The van der Waals surface area contributed by atoms with Crippen molar-refractivity contribution < 1.29 is 14.3 Å². The predicted molar refractivity (Wildman–Crippen MR) is 137 cm³/mol. The van der Waals surface area contributed by atoms with Crippen LogP contribution >= 0.6 is 11.8 Å². The molecule has 1 amide bonds. The Balaban J connectivity index is 1.46. The van der Waals surface area contributed by atoms with E-state index in [-0.39, 0.29) is 11.7 Å². The average molecular weight is 486 g/mol. The maximum atomic E-state index is 12.8. The fourth-order valence-corrected chi connectivity index (χ4v) is 4.49. The van der Waals surface area contributed by atoms with Crippen molar-refractivity contribution in [2.75, 3.05) is 25.3 Å². The Kier molecular flexibility index (Phi) is 6.24. The third-order valence-electron chi connectivity index (χ3n) is 5.49. The van der Waals surface area contributed by atoms with E-state index in [9.17, 15) is 4.79 Å². The molecule has 0 saturated carbocycles. The standard InChI is InChI=1S/C26H23N5O3S/c1-16-8-10-17(11-9-16)24-28-22-7-5-4-6-21(22)25-29-30-26(31(24)25)35-15-23(32)27-18-12-19(33-2)14-20(13-18)34-3/h4-14H,15H2,1-3H3,(H,27,32). The lowest BCUT2D eigenvalue weighted by Crippen LogP contribution is -2.14. The minimum absolute atomic E-state index is 0.139. The Labute approximate surface area is 206 Å². The summed E-state index contributed by atoms with van der Waals surface area (Å²) in [7, 11) is 3.13. The number of hydrogen-bond acceptors (Lipinski definition) is 7. The topological polar surface area (TPSA) is 90.6 Å². The Morgan fingerprint density at radius 1 is 0.971 bits per heavy atom. The number of ether oxygens (including phenoxy) is 2. The molecule has 0 atom stereocenters. The molecule has 5 aromatic rings. The molecule has 0 aliphatic rings. The Morgan fingerprint density at radius 2 is 1.69 bits per heavy atom. The van der Waals surface area contributed by atoms with Crippen molar-refractivity contribution in [3.8, 4) is 22.9 Å². The first kappa shape index (κ1) is 22.7. The summed E-state index contributed by atoms with van der Waals surface area (Å²) in [5.41, 5.74) is 4.23. The summed E-state index contributed by atoms with van der Waals surface area (Å²) in [6.45, 7) is 2.05. The summed E-state index contributed by atoms with van der Waals surface area (Å²) >= 11 is 1.30. The predicted octanol–water partition coefficient (Wildman–Crippen LogP) is 5.00. The maximum Gasteiger partial charge on any atom is 0.234 e. The van der Waals surface area contributed by atoms with E-state index in [0.717, 1.165) is 27.9 Å². The van der Waals surface area contributed by atoms with Crippen molar-refractivity contribution in [1.29, 1.82) is 0 Å². The van der Waals surface area contributed by atoms with Crippen LogP contribution in [0.2, 0.25) is 0 Å². The molecule has 0 fully saturated rings. The van der Waals surface area contributed by atoms with Crippen LogP contribution in [0.1, 0.15) is 5.56 Å². The van der Waals surface area contributed by atoms with Crippen LogP contribution in [0.4, 0.5) is 5.69 Å². The maximum absolute atomic E-state index is 12.8. The van der Waals surface area contributed by atoms with E-state index < -0.39 is 0 Å². The number of nitrogens with one attached hydrogen (secondary N) is 1. The van der Waals surface area contributed by atoms with Crippen LogP contribution in [0.5, 0.6) is 11.5 Å². The first-order chi connectivity index (χ1) is 17.1. The smallest absolute Gasteiger partial charge is 0.234 e. The molecule has 0 saturated heterocycles. The molecule has 0 spiro atoms. The van der Waals surface area contributed by atoms with Crippen molar-refractivity contribution in [2.45, 2.75) is 12.1 Å². The van der Waals surface area contributed by atoms with Crippen LogP contribution in [0.25, 0.3) is 27.9 Å². The molecule has 0 aliphatic heterocycles. The van der Waals surface area contributed by atoms with Gasteiger partial charge in [0.1, 0.15) is 17.3 Å². The van der Waals surface area contributed by atoms with Crippen LogP contribution in [0.3, 0.4) is 0 Å². The van der Waals surface area contributed by atoms with Crippen molar-refractivity contribution in [2.24, 2.45) is 0 Å². The monoisotopic (exact) mass is 485 g/mol. The molecule has 0 unspecified atom stereocenters. The number of amides is 1. The van der Waals surface area contributed by atoms with Gasteiger partial charge in [-0.05, 0) is 19.1 Å². The van der Waals surface area contributed by atoms with E-state index in [2.05, 4.69) is 15.5 Å². The summed E-state index contributed by atoms with van der Waals surface area (Å²) < 4.78 is 12.5. The molecule has 9 heteroatoms. The van der Waals surface area contributed by atoms with Gasteiger partial charge in [-0.2, -0.15) is 0 Å². The number of aryl methyl sites for hydroxylation is 1. The molecule has 0 aliphatic carbocycles. The van der Waals surface area contributed by atoms with Gasteiger partial charge in [-0.15, -0.1) is 10.2 Å². The second-order valence-electron chi connectivity index (χ2n) is 7.90. The molecule has 1 N–H and O–H groups in total. The second-order valence-corrected chi connectivity index (χ2v) is 8.84. The number of carbonyl (C=O) groups excluding carboxylic acids is 1. The van der Waals surface area contributed by atoms with E-state index in [1.165, 1.54) is 11.8 Å². The van der Waals surface area contributed by atoms with Gasteiger partial charge >= 0.3 is 0 Å². The Hall–Kier alpha value is -4.11. The quantitative estimate of drug-likeness (QED) is 0.324. The number of benzene rings is 3. The minimum Gasteiger partial charge on any atom is -0.497 e. The number of methoxy groups -OCH3 is 2. The van der Waals surface area contributed by atoms with Gasteiger partial charge in [-0.25, -0.2) is 4.98 Å². The van der Waals surface area contributed by atoms with Gasteiger partial charge in [0.25, 0.3) is 0 Å². The Morgan fingerprint density at radius 3 is 2.40 bits per heavy atom. The summed E-state index contributed by atoms with van der Waals surface area (Å²) in [5, 5.41) is 13.2. The first-order valence-corrected chi connectivity index (χ1v) is 11.9. The lowest BCUT2D eigenvalue weighted by atomic mass is 10.1. The third-order valence-corrected chi connectivity index (χ3v) is 6.42. The largest absolute Gasteiger partial charge is 0.497 e. The van der Waals surface area contributed by atoms with Crippen molar-refractivity contribution in [1.82, 2.24) is 19.6 Å². The van der Waals surface area contributed by atoms with Gasteiger partial charge in [0.05, 0.1) is 25.5 Å². The van der Waals surface area contributed by atoms with Gasteiger partial charge in [0.15, 0.2) is 10.8 Å². The van der Waals surface area contributed by atoms with Gasteiger partial charge < -0.3 is 14.8 Å². The highest BCUT2D eigenvalue weighted by Gasteiger charge is 2.18. The second kappa shape index (κ2) is 9.63. The lowest BCUT2D eigenvalue weighted by molar-refractivity contribution is -0.113.